The van der Waals surface area contributed by atoms with Gasteiger partial charge >= 0.3 is 0 Å². The molecule has 1 aromatic rings. The molecule has 2 N–H and O–H groups in total. The highest BCUT2D eigenvalue weighted by atomic mass is 32.1. The normalized spacial score (nSPS) is 12.9. The van der Waals surface area contributed by atoms with Gasteiger partial charge in [0.25, 0.3) is 0 Å². The maximum absolute atomic E-state index is 5.89. The van der Waals surface area contributed by atoms with E-state index in [1.165, 1.54) is 10.4 Å². The van der Waals surface area contributed by atoms with Crippen molar-refractivity contribution >= 4 is 11.3 Å². The van der Waals surface area contributed by atoms with Gasteiger partial charge < -0.3 is 5.73 Å². The van der Waals surface area contributed by atoms with E-state index in [2.05, 4.69) is 24.9 Å². The van der Waals surface area contributed by atoms with Crippen molar-refractivity contribution in [3.05, 3.63) is 34.5 Å². The topological polar surface area (TPSA) is 26.0 Å². The van der Waals surface area contributed by atoms with Crippen LogP contribution in [0.3, 0.4) is 0 Å². The summed E-state index contributed by atoms with van der Waals surface area (Å²) in [5.41, 5.74) is 7.15. The largest absolute Gasteiger partial charge is 0.324 e. The van der Waals surface area contributed by atoms with Crippen LogP contribution in [0.5, 0.6) is 0 Å². The fraction of sp³-hybridized carbons (Fsp3) is 0.333. The molecule has 0 saturated heterocycles. The first-order valence-electron chi connectivity index (χ1n) is 3.66. The zero-order valence-corrected chi connectivity index (χ0v) is 7.53. The Kier molecular flexibility index (Phi) is 2.85. The summed E-state index contributed by atoms with van der Waals surface area (Å²) >= 11 is 1.74. The molecule has 0 amide bonds. The number of hydrogen-bond donors (Lipinski definition) is 1. The van der Waals surface area contributed by atoms with Crippen LogP contribution in [-0.2, 0) is 0 Å². The van der Waals surface area contributed by atoms with Crippen molar-refractivity contribution in [2.75, 3.05) is 0 Å². The van der Waals surface area contributed by atoms with Gasteiger partial charge in [0, 0.05) is 10.9 Å². The molecule has 1 aromatic heterocycles. The van der Waals surface area contributed by atoms with Crippen molar-refractivity contribution in [1.82, 2.24) is 0 Å². The van der Waals surface area contributed by atoms with E-state index in [0.717, 1.165) is 6.42 Å². The van der Waals surface area contributed by atoms with Crippen molar-refractivity contribution in [1.29, 1.82) is 0 Å². The summed E-state index contributed by atoms with van der Waals surface area (Å²) in [6, 6.07) is 2.23. The van der Waals surface area contributed by atoms with Gasteiger partial charge in [0.05, 0.1) is 0 Å². The molecule has 60 valence electrons. The van der Waals surface area contributed by atoms with Crippen LogP contribution in [-0.4, -0.2) is 0 Å². The summed E-state index contributed by atoms with van der Waals surface area (Å²) < 4.78 is 0. The van der Waals surface area contributed by atoms with Gasteiger partial charge in [0.2, 0.25) is 0 Å². The Bertz CT molecular complexity index is 239. The van der Waals surface area contributed by atoms with E-state index in [0.29, 0.717) is 0 Å². The van der Waals surface area contributed by atoms with Crippen LogP contribution in [0.25, 0.3) is 0 Å². The van der Waals surface area contributed by atoms with Crippen LogP contribution in [0.15, 0.2) is 24.1 Å². The lowest BCUT2D eigenvalue weighted by Crippen LogP contribution is -2.08. The Labute approximate surface area is 71.5 Å². The molecule has 0 aliphatic rings. The van der Waals surface area contributed by atoms with Gasteiger partial charge in [-0.15, -0.1) is 17.9 Å². The average Bonchev–Trinajstić information content (AvgIpc) is 2.36. The van der Waals surface area contributed by atoms with Gasteiger partial charge in [0.1, 0.15) is 0 Å². The van der Waals surface area contributed by atoms with Crippen molar-refractivity contribution in [2.45, 2.75) is 19.4 Å². The zero-order valence-electron chi connectivity index (χ0n) is 6.71. The van der Waals surface area contributed by atoms with Gasteiger partial charge in [-0.25, -0.2) is 0 Å². The number of aryl methyl sites for hydroxylation is 1. The zero-order chi connectivity index (χ0) is 8.27. The Morgan fingerprint density at radius 1 is 1.82 bits per heavy atom. The summed E-state index contributed by atoms with van der Waals surface area (Å²) in [5.74, 6) is 0. The molecule has 1 heterocycles. The quantitative estimate of drug-likeness (QED) is 0.688. The van der Waals surface area contributed by atoms with E-state index < -0.39 is 0 Å². The minimum atomic E-state index is 0.138. The van der Waals surface area contributed by atoms with Crippen molar-refractivity contribution < 1.29 is 0 Å². The molecule has 0 saturated carbocycles. The summed E-state index contributed by atoms with van der Waals surface area (Å²) in [7, 11) is 0. The molecule has 0 spiro atoms. The Balaban J connectivity index is 2.74. The molecule has 1 nitrogen and oxygen atoms in total. The minimum Gasteiger partial charge on any atom is -0.324 e. The highest BCUT2D eigenvalue weighted by molar-refractivity contribution is 7.10. The second-order valence-electron chi connectivity index (χ2n) is 2.56. The molecule has 0 aliphatic carbocycles. The molecule has 0 aromatic carbocycles. The third-order valence-corrected chi connectivity index (χ3v) is 2.58. The SMILES string of the molecule is C=CCC(N)c1ccsc1C. The van der Waals surface area contributed by atoms with Crippen LogP contribution in [0.2, 0.25) is 0 Å². The standard InChI is InChI=1S/C9H13NS/c1-3-4-9(10)8-5-6-11-7(8)2/h3,5-6,9H,1,4,10H2,2H3. The Hall–Kier alpha value is -0.600. The Morgan fingerprint density at radius 2 is 2.55 bits per heavy atom. The average molecular weight is 167 g/mol. The van der Waals surface area contributed by atoms with E-state index in [-0.39, 0.29) is 6.04 Å². The highest BCUT2D eigenvalue weighted by Gasteiger charge is 2.06. The fourth-order valence-electron chi connectivity index (χ4n) is 1.09. The third kappa shape index (κ3) is 1.91. The molecule has 0 aliphatic heterocycles. The highest BCUT2D eigenvalue weighted by Crippen LogP contribution is 2.22. The lowest BCUT2D eigenvalue weighted by molar-refractivity contribution is 0.740. The maximum atomic E-state index is 5.89. The van der Waals surface area contributed by atoms with E-state index in [1.54, 1.807) is 11.3 Å². The lowest BCUT2D eigenvalue weighted by atomic mass is 10.1. The van der Waals surface area contributed by atoms with Crippen LogP contribution in [0, 0.1) is 6.92 Å². The summed E-state index contributed by atoms with van der Waals surface area (Å²) in [6.07, 6.45) is 2.72. The second-order valence-corrected chi connectivity index (χ2v) is 3.68. The van der Waals surface area contributed by atoms with Crippen molar-refractivity contribution in [3.63, 3.8) is 0 Å². The van der Waals surface area contributed by atoms with Gasteiger partial charge in [-0.05, 0) is 30.4 Å². The van der Waals surface area contributed by atoms with E-state index in [4.69, 9.17) is 5.73 Å². The first-order valence-corrected chi connectivity index (χ1v) is 4.54. The molecule has 2 heteroatoms. The Morgan fingerprint density at radius 3 is 3.00 bits per heavy atom. The monoisotopic (exact) mass is 167 g/mol. The number of thiophene rings is 1. The van der Waals surface area contributed by atoms with E-state index in [9.17, 15) is 0 Å². The predicted molar refractivity (Wildman–Crippen MR) is 50.8 cm³/mol. The van der Waals surface area contributed by atoms with Crippen LogP contribution < -0.4 is 5.73 Å². The summed E-state index contributed by atoms with van der Waals surface area (Å²) in [6.45, 7) is 5.76. The predicted octanol–water partition coefficient (Wildman–Crippen LogP) is 2.63. The second kappa shape index (κ2) is 3.69. The van der Waals surface area contributed by atoms with Gasteiger partial charge in [0.15, 0.2) is 0 Å². The van der Waals surface area contributed by atoms with E-state index >= 15 is 0 Å². The van der Waals surface area contributed by atoms with Crippen LogP contribution in [0.4, 0.5) is 0 Å². The van der Waals surface area contributed by atoms with Crippen molar-refractivity contribution in [3.8, 4) is 0 Å². The number of hydrogen-bond acceptors (Lipinski definition) is 2. The molecular weight excluding hydrogens is 154 g/mol. The van der Waals surface area contributed by atoms with E-state index in [1.807, 2.05) is 6.08 Å². The fourth-order valence-corrected chi connectivity index (χ4v) is 1.86. The van der Waals surface area contributed by atoms with Gasteiger partial charge in [-0.2, -0.15) is 0 Å². The number of rotatable bonds is 3. The molecule has 0 radical (unpaired) electrons. The summed E-state index contributed by atoms with van der Waals surface area (Å²) in [4.78, 5) is 1.32. The first-order chi connectivity index (χ1) is 5.25. The molecular formula is C9H13NS. The van der Waals surface area contributed by atoms with Gasteiger partial charge in [-0.1, -0.05) is 6.08 Å². The molecule has 0 fully saturated rings. The molecule has 11 heavy (non-hydrogen) atoms. The maximum Gasteiger partial charge on any atom is 0.0340 e. The van der Waals surface area contributed by atoms with Gasteiger partial charge in [-0.3, -0.25) is 0 Å². The van der Waals surface area contributed by atoms with Crippen LogP contribution in [0.1, 0.15) is 22.9 Å². The third-order valence-electron chi connectivity index (χ3n) is 1.72. The smallest absolute Gasteiger partial charge is 0.0340 e. The molecule has 1 atom stereocenters. The molecule has 1 unspecified atom stereocenters. The first kappa shape index (κ1) is 8.50. The lowest BCUT2D eigenvalue weighted by Gasteiger charge is -2.07. The number of nitrogens with two attached hydrogens (primary N) is 1. The minimum absolute atomic E-state index is 0.138. The van der Waals surface area contributed by atoms with Crippen LogP contribution >= 0.6 is 11.3 Å². The molecule has 0 bridgehead atoms. The molecule has 1 rings (SSSR count). The van der Waals surface area contributed by atoms with Crippen molar-refractivity contribution in [2.24, 2.45) is 5.73 Å². The summed E-state index contributed by atoms with van der Waals surface area (Å²) in [5, 5.41) is 2.08.